The van der Waals surface area contributed by atoms with Crippen LogP contribution in [0.5, 0.6) is 0 Å². The zero-order valence-electron chi connectivity index (χ0n) is 16.4. The molecule has 0 N–H and O–H groups in total. The number of nitrogens with zero attached hydrogens (tertiary/aromatic N) is 4. The molecule has 0 saturated carbocycles. The fourth-order valence-electron chi connectivity index (χ4n) is 3.51. The van der Waals surface area contributed by atoms with Gasteiger partial charge in [0.2, 0.25) is 0 Å². The highest BCUT2D eigenvalue weighted by molar-refractivity contribution is 5.64. The van der Waals surface area contributed by atoms with Crippen molar-refractivity contribution in [3.63, 3.8) is 0 Å². The van der Waals surface area contributed by atoms with E-state index in [9.17, 15) is 13.2 Å². The van der Waals surface area contributed by atoms with E-state index in [0.717, 1.165) is 29.2 Å². The summed E-state index contributed by atoms with van der Waals surface area (Å²) in [6.45, 7) is 7.35. The molecule has 0 spiro atoms. The molecule has 0 aliphatic carbocycles. The Morgan fingerprint density at radius 2 is 1.79 bits per heavy atom. The lowest BCUT2D eigenvalue weighted by Crippen LogP contribution is -2.35. The molecule has 1 saturated heterocycles. The largest absolute Gasteiger partial charge is 0.433 e. The molecule has 29 heavy (non-hydrogen) atoms. The molecule has 4 rings (SSSR count). The van der Waals surface area contributed by atoms with Crippen molar-refractivity contribution in [2.24, 2.45) is 0 Å². The zero-order valence-corrected chi connectivity index (χ0v) is 16.4. The van der Waals surface area contributed by atoms with E-state index in [1.807, 2.05) is 24.3 Å². The van der Waals surface area contributed by atoms with Crippen molar-refractivity contribution in [1.29, 1.82) is 0 Å². The second kappa shape index (κ2) is 7.76. The number of hydrogen-bond acceptors (Lipinski definition) is 4. The quantitative estimate of drug-likeness (QED) is 0.648. The van der Waals surface area contributed by atoms with Gasteiger partial charge in [-0.25, -0.2) is 9.50 Å². The summed E-state index contributed by atoms with van der Waals surface area (Å²) in [6.07, 6.45) is -3.05. The van der Waals surface area contributed by atoms with Crippen molar-refractivity contribution >= 4 is 5.65 Å². The highest BCUT2D eigenvalue weighted by Crippen LogP contribution is 2.33. The smallest absolute Gasteiger partial charge is 0.379 e. The average Bonchev–Trinajstić information content (AvgIpc) is 3.10. The highest BCUT2D eigenvalue weighted by atomic mass is 19.4. The number of rotatable bonds is 4. The lowest BCUT2D eigenvalue weighted by Gasteiger charge is -2.26. The van der Waals surface area contributed by atoms with E-state index in [1.165, 1.54) is 6.20 Å². The third-order valence-corrected chi connectivity index (χ3v) is 5.21. The van der Waals surface area contributed by atoms with Crippen LogP contribution in [-0.4, -0.2) is 45.8 Å². The van der Waals surface area contributed by atoms with Crippen LogP contribution in [0.1, 0.15) is 36.6 Å². The maximum Gasteiger partial charge on any atom is 0.433 e. The maximum atomic E-state index is 13.7. The summed E-state index contributed by atoms with van der Waals surface area (Å²) in [4.78, 5) is 6.70. The maximum absolute atomic E-state index is 13.7. The van der Waals surface area contributed by atoms with Gasteiger partial charge in [-0.05, 0) is 17.5 Å². The monoisotopic (exact) mass is 404 g/mol. The van der Waals surface area contributed by atoms with E-state index >= 15 is 0 Å². The van der Waals surface area contributed by atoms with E-state index in [1.54, 1.807) is 0 Å². The Labute approximate surface area is 167 Å². The van der Waals surface area contributed by atoms with Gasteiger partial charge in [-0.2, -0.15) is 18.3 Å². The number of halogens is 3. The van der Waals surface area contributed by atoms with Gasteiger partial charge in [0, 0.05) is 30.8 Å². The molecule has 2 aromatic heterocycles. The fourth-order valence-corrected chi connectivity index (χ4v) is 3.51. The molecule has 1 aliphatic heterocycles. The lowest BCUT2D eigenvalue weighted by atomic mass is 10.0. The summed E-state index contributed by atoms with van der Waals surface area (Å²) in [6, 6.07) is 8.59. The molecule has 3 heterocycles. The molecule has 5 nitrogen and oxygen atoms in total. The van der Waals surface area contributed by atoms with Gasteiger partial charge in [-0.15, -0.1) is 0 Å². The molecule has 3 aromatic rings. The van der Waals surface area contributed by atoms with E-state index in [0.29, 0.717) is 42.5 Å². The Hall–Kier alpha value is -2.45. The number of fused-ring (bicyclic) bond motifs is 1. The second-order valence-corrected chi connectivity index (χ2v) is 7.59. The lowest BCUT2D eigenvalue weighted by molar-refractivity contribution is -0.142. The van der Waals surface area contributed by atoms with E-state index in [2.05, 4.69) is 28.8 Å². The summed E-state index contributed by atoms with van der Waals surface area (Å²) in [5.41, 5.74) is 2.18. The van der Waals surface area contributed by atoms with Gasteiger partial charge in [0.1, 0.15) is 0 Å². The number of benzene rings is 1. The Bertz CT molecular complexity index is 990. The van der Waals surface area contributed by atoms with Gasteiger partial charge in [0.15, 0.2) is 11.3 Å². The number of alkyl halides is 3. The van der Waals surface area contributed by atoms with Crippen LogP contribution in [0.3, 0.4) is 0 Å². The van der Waals surface area contributed by atoms with Crippen LogP contribution in [0.25, 0.3) is 16.9 Å². The van der Waals surface area contributed by atoms with Crippen LogP contribution < -0.4 is 0 Å². The van der Waals surface area contributed by atoms with Gasteiger partial charge in [0.05, 0.1) is 25.1 Å². The first-order chi connectivity index (χ1) is 13.8. The van der Waals surface area contributed by atoms with Crippen molar-refractivity contribution in [1.82, 2.24) is 19.5 Å². The van der Waals surface area contributed by atoms with Gasteiger partial charge in [0.25, 0.3) is 0 Å². The van der Waals surface area contributed by atoms with Crippen LogP contribution in [-0.2, 0) is 17.5 Å². The first kappa shape index (κ1) is 19.8. The first-order valence-corrected chi connectivity index (χ1v) is 9.68. The molecule has 1 aromatic carbocycles. The number of ether oxygens (including phenoxy) is 1. The van der Waals surface area contributed by atoms with Gasteiger partial charge < -0.3 is 4.74 Å². The van der Waals surface area contributed by atoms with Crippen LogP contribution in [0.4, 0.5) is 13.2 Å². The average molecular weight is 404 g/mol. The zero-order chi connectivity index (χ0) is 20.6. The summed E-state index contributed by atoms with van der Waals surface area (Å²) in [5.74, 6) is 0.347. The summed E-state index contributed by atoms with van der Waals surface area (Å²) >= 11 is 0. The number of hydrogen-bond donors (Lipinski definition) is 0. The molecule has 0 bridgehead atoms. The van der Waals surface area contributed by atoms with E-state index < -0.39 is 11.9 Å². The molecule has 0 radical (unpaired) electrons. The predicted molar refractivity (Wildman–Crippen MR) is 104 cm³/mol. The number of aromatic nitrogens is 3. The number of morpholine rings is 1. The molecule has 8 heteroatoms. The van der Waals surface area contributed by atoms with Crippen molar-refractivity contribution in [2.45, 2.75) is 32.5 Å². The Balaban J connectivity index is 1.79. The molecule has 1 fully saturated rings. The Morgan fingerprint density at radius 3 is 2.41 bits per heavy atom. The predicted octanol–water partition coefficient (Wildman–Crippen LogP) is 4.37. The molecule has 0 unspecified atom stereocenters. The van der Waals surface area contributed by atoms with Crippen molar-refractivity contribution in [3.8, 4) is 11.3 Å². The summed E-state index contributed by atoms with van der Waals surface area (Å²) in [5, 5.41) is 4.00. The molecule has 154 valence electrons. The standard InChI is InChI=1S/C21H23F3N4O/c1-14(2)15-3-5-16(6-4-15)18-11-19(21(22,23)24)28-20(26-18)17(12-25-28)13-27-7-9-29-10-8-27/h3-6,11-12,14H,7-10,13H2,1-2H3. The molecule has 0 amide bonds. The summed E-state index contributed by atoms with van der Waals surface area (Å²) in [7, 11) is 0. The summed E-state index contributed by atoms with van der Waals surface area (Å²) < 4.78 is 47.5. The van der Waals surface area contributed by atoms with Crippen LogP contribution in [0, 0.1) is 0 Å². The van der Waals surface area contributed by atoms with Crippen molar-refractivity contribution in [3.05, 3.63) is 53.3 Å². The second-order valence-electron chi connectivity index (χ2n) is 7.59. The topological polar surface area (TPSA) is 42.7 Å². The SMILES string of the molecule is CC(C)c1ccc(-c2cc(C(F)(F)F)n3ncc(CN4CCOCC4)c3n2)cc1. The molecule has 0 atom stereocenters. The third-order valence-electron chi connectivity index (χ3n) is 5.21. The van der Waals surface area contributed by atoms with Crippen LogP contribution >= 0.6 is 0 Å². The highest BCUT2D eigenvalue weighted by Gasteiger charge is 2.35. The Morgan fingerprint density at radius 1 is 1.10 bits per heavy atom. The fraction of sp³-hybridized carbons (Fsp3) is 0.429. The van der Waals surface area contributed by atoms with E-state index in [-0.39, 0.29) is 5.65 Å². The molecule has 1 aliphatic rings. The normalized spacial score (nSPS) is 16.1. The van der Waals surface area contributed by atoms with Gasteiger partial charge >= 0.3 is 6.18 Å². The van der Waals surface area contributed by atoms with Gasteiger partial charge in [-0.1, -0.05) is 38.1 Å². The first-order valence-electron chi connectivity index (χ1n) is 9.68. The minimum absolute atomic E-state index is 0.245. The molecular weight excluding hydrogens is 381 g/mol. The Kier molecular flexibility index (Phi) is 5.31. The van der Waals surface area contributed by atoms with Crippen LogP contribution in [0.15, 0.2) is 36.5 Å². The minimum Gasteiger partial charge on any atom is -0.379 e. The molecular formula is C21H23F3N4O. The third kappa shape index (κ3) is 4.13. The van der Waals surface area contributed by atoms with Crippen molar-refractivity contribution < 1.29 is 17.9 Å². The minimum atomic E-state index is -4.53. The van der Waals surface area contributed by atoms with Crippen LogP contribution in [0.2, 0.25) is 0 Å². The van der Waals surface area contributed by atoms with Gasteiger partial charge in [-0.3, -0.25) is 4.90 Å². The van der Waals surface area contributed by atoms with Crippen molar-refractivity contribution in [2.75, 3.05) is 26.3 Å². The van der Waals surface area contributed by atoms with E-state index in [4.69, 9.17) is 4.74 Å².